The van der Waals surface area contributed by atoms with Gasteiger partial charge in [-0.05, 0) is 24.6 Å². The van der Waals surface area contributed by atoms with Gasteiger partial charge < -0.3 is 0 Å². The molecule has 1 aromatic carbocycles. The van der Waals surface area contributed by atoms with Crippen molar-refractivity contribution in [3.05, 3.63) is 60.0 Å². The number of alkyl halides is 1. The van der Waals surface area contributed by atoms with Gasteiger partial charge in [0, 0.05) is 11.5 Å². The van der Waals surface area contributed by atoms with Crippen LogP contribution in [0.1, 0.15) is 12.5 Å². The Bertz CT molecular complexity index is 725. The summed E-state index contributed by atoms with van der Waals surface area (Å²) in [6.07, 6.45) is 1.24. The molecule has 1 aromatic heterocycles. The van der Waals surface area contributed by atoms with E-state index >= 15 is 0 Å². The lowest BCUT2D eigenvalue weighted by molar-refractivity contribution is 0.474. The molecule has 21 heavy (non-hydrogen) atoms. The molecule has 7 heteroatoms. The lowest BCUT2D eigenvalue weighted by Crippen LogP contribution is -2.45. The number of rotatable bonds is 5. The lowest BCUT2D eigenvalue weighted by atomic mass is 9.96. The SMILES string of the molecule is CC(CBr)(NS(=O)(=O)c1ncccc1F)c1ccccc1. The average Bonchev–Trinajstić information content (AvgIpc) is 2.48. The van der Waals surface area contributed by atoms with E-state index in [0.29, 0.717) is 5.33 Å². The van der Waals surface area contributed by atoms with Crippen LogP contribution in [-0.4, -0.2) is 18.7 Å². The Morgan fingerprint density at radius 2 is 1.90 bits per heavy atom. The van der Waals surface area contributed by atoms with Crippen LogP contribution >= 0.6 is 15.9 Å². The summed E-state index contributed by atoms with van der Waals surface area (Å²) < 4.78 is 40.9. The van der Waals surface area contributed by atoms with E-state index in [9.17, 15) is 12.8 Å². The lowest BCUT2D eigenvalue weighted by Gasteiger charge is -2.28. The highest BCUT2D eigenvalue weighted by atomic mass is 79.9. The number of hydrogen-bond acceptors (Lipinski definition) is 3. The predicted octanol–water partition coefficient (Wildman–Crippen LogP) is 2.81. The van der Waals surface area contributed by atoms with Crippen LogP contribution in [-0.2, 0) is 15.6 Å². The van der Waals surface area contributed by atoms with Crippen molar-refractivity contribution in [1.29, 1.82) is 0 Å². The van der Waals surface area contributed by atoms with Gasteiger partial charge in [0.25, 0.3) is 10.0 Å². The normalized spacial score (nSPS) is 14.6. The number of hydrogen-bond donors (Lipinski definition) is 1. The highest BCUT2D eigenvalue weighted by Crippen LogP contribution is 2.25. The monoisotopic (exact) mass is 372 g/mol. The van der Waals surface area contributed by atoms with Crippen LogP contribution in [0.3, 0.4) is 0 Å². The van der Waals surface area contributed by atoms with E-state index < -0.39 is 26.4 Å². The topological polar surface area (TPSA) is 59.1 Å². The molecule has 0 spiro atoms. The second-order valence-corrected chi connectivity index (χ2v) is 6.89. The Hall–Kier alpha value is -1.31. The zero-order valence-corrected chi connectivity index (χ0v) is 13.7. The van der Waals surface area contributed by atoms with E-state index in [-0.39, 0.29) is 0 Å². The van der Waals surface area contributed by atoms with Crippen LogP contribution in [0.15, 0.2) is 53.7 Å². The molecule has 1 N–H and O–H groups in total. The minimum Gasteiger partial charge on any atom is -0.241 e. The Morgan fingerprint density at radius 3 is 2.48 bits per heavy atom. The molecule has 0 amide bonds. The third-order valence-corrected chi connectivity index (χ3v) is 5.67. The van der Waals surface area contributed by atoms with Gasteiger partial charge in [-0.15, -0.1) is 0 Å². The van der Waals surface area contributed by atoms with Crippen LogP contribution in [0.25, 0.3) is 0 Å². The van der Waals surface area contributed by atoms with Crippen molar-refractivity contribution in [3.8, 4) is 0 Å². The van der Waals surface area contributed by atoms with Crippen molar-refractivity contribution in [2.75, 3.05) is 5.33 Å². The van der Waals surface area contributed by atoms with Gasteiger partial charge in [-0.2, -0.15) is 4.72 Å². The molecule has 1 unspecified atom stereocenters. The number of sulfonamides is 1. The maximum atomic E-state index is 13.7. The fraction of sp³-hybridized carbons (Fsp3) is 0.214. The van der Waals surface area contributed by atoms with Crippen molar-refractivity contribution in [2.24, 2.45) is 0 Å². The van der Waals surface area contributed by atoms with Gasteiger partial charge in [0.05, 0.1) is 5.54 Å². The largest absolute Gasteiger partial charge is 0.261 e. The van der Waals surface area contributed by atoms with Crippen molar-refractivity contribution >= 4 is 26.0 Å². The first-order valence-electron chi connectivity index (χ1n) is 6.15. The second kappa shape index (κ2) is 6.21. The van der Waals surface area contributed by atoms with E-state index in [4.69, 9.17) is 0 Å². The van der Waals surface area contributed by atoms with Gasteiger partial charge in [-0.1, -0.05) is 46.3 Å². The molecule has 0 saturated heterocycles. The Kier molecular flexibility index (Phi) is 4.75. The van der Waals surface area contributed by atoms with Crippen LogP contribution in [0.4, 0.5) is 4.39 Å². The second-order valence-electron chi connectivity index (χ2n) is 4.73. The molecular weight excluding hydrogens is 359 g/mol. The smallest absolute Gasteiger partial charge is 0.241 e. The molecule has 0 aliphatic carbocycles. The molecule has 0 saturated carbocycles. The third-order valence-electron chi connectivity index (χ3n) is 3.02. The number of nitrogens with one attached hydrogen (secondary N) is 1. The summed E-state index contributed by atoms with van der Waals surface area (Å²) in [5, 5.41) is -0.273. The number of nitrogens with zero attached hydrogens (tertiary/aromatic N) is 1. The van der Waals surface area contributed by atoms with Crippen LogP contribution in [0.2, 0.25) is 0 Å². The maximum Gasteiger partial charge on any atom is 0.261 e. The quantitative estimate of drug-likeness (QED) is 0.820. The van der Waals surface area contributed by atoms with Gasteiger partial charge >= 0.3 is 0 Å². The molecule has 4 nitrogen and oxygen atoms in total. The summed E-state index contributed by atoms with van der Waals surface area (Å²) in [6.45, 7) is 1.72. The van der Waals surface area contributed by atoms with Gasteiger partial charge in [0.2, 0.25) is 5.03 Å². The fourth-order valence-electron chi connectivity index (χ4n) is 1.88. The molecule has 0 bridgehead atoms. The van der Waals surface area contributed by atoms with Crippen LogP contribution < -0.4 is 4.72 Å². The van der Waals surface area contributed by atoms with Gasteiger partial charge in [-0.25, -0.2) is 17.8 Å². The molecule has 1 heterocycles. The van der Waals surface area contributed by atoms with Gasteiger partial charge in [0.15, 0.2) is 5.82 Å². The summed E-state index contributed by atoms with van der Waals surface area (Å²) in [7, 11) is -4.07. The number of benzene rings is 1. The molecular formula is C14H14BrFN2O2S. The third kappa shape index (κ3) is 3.48. The fourth-order valence-corrected chi connectivity index (χ4v) is 3.94. The molecule has 0 fully saturated rings. The summed E-state index contributed by atoms with van der Waals surface area (Å²) in [5.41, 5.74) is -0.147. The molecule has 0 aliphatic heterocycles. The molecule has 112 valence electrons. The van der Waals surface area contributed by atoms with Gasteiger partial charge in [0.1, 0.15) is 0 Å². The van der Waals surface area contributed by atoms with E-state index in [1.165, 1.54) is 12.3 Å². The predicted molar refractivity (Wildman–Crippen MR) is 82.1 cm³/mol. The first-order chi connectivity index (χ1) is 9.89. The molecule has 0 aliphatic rings. The highest BCUT2D eigenvalue weighted by molar-refractivity contribution is 9.09. The Morgan fingerprint density at radius 1 is 1.24 bits per heavy atom. The standard InChI is InChI=1S/C14H14BrFN2O2S/c1-14(10-15,11-6-3-2-4-7-11)18-21(19,20)13-12(16)8-5-9-17-13/h2-9,18H,10H2,1H3. The molecule has 2 rings (SSSR count). The zero-order valence-electron chi connectivity index (χ0n) is 11.3. The minimum absolute atomic E-state index is 0.331. The summed E-state index contributed by atoms with van der Waals surface area (Å²) in [6, 6.07) is 11.5. The Labute approximate surface area is 131 Å². The highest BCUT2D eigenvalue weighted by Gasteiger charge is 2.33. The minimum atomic E-state index is -4.07. The average molecular weight is 373 g/mol. The maximum absolute atomic E-state index is 13.7. The molecule has 1 atom stereocenters. The number of aromatic nitrogens is 1. The summed E-state index contributed by atoms with van der Waals surface area (Å²) >= 11 is 3.31. The first kappa shape index (κ1) is 16.1. The van der Waals surface area contributed by atoms with Crippen molar-refractivity contribution in [3.63, 3.8) is 0 Å². The Balaban J connectivity index is 2.41. The first-order valence-corrected chi connectivity index (χ1v) is 8.75. The van der Waals surface area contributed by atoms with Crippen molar-refractivity contribution in [2.45, 2.75) is 17.5 Å². The molecule has 0 radical (unpaired) electrons. The van der Waals surface area contributed by atoms with Crippen LogP contribution in [0.5, 0.6) is 0 Å². The van der Waals surface area contributed by atoms with Crippen molar-refractivity contribution < 1.29 is 12.8 Å². The summed E-state index contributed by atoms with van der Waals surface area (Å²) in [4.78, 5) is 3.62. The van der Waals surface area contributed by atoms with Crippen LogP contribution in [0, 0.1) is 5.82 Å². The van der Waals surface area contributed by atoms with E-state index in [1.807, 2.05) is 18.2 Å². The molecule has 2 aromatic rings. The van der Waals surface area contributed by atoms with E-state index in [1.54, 1.807) is 19.1 Å². The van der Waals surface area contributed by atoms with Gasteiger partial charge in [-0.3, -0.25) is 0 Å². The zero-order chi connectivity index (χ0) is 15.5. The van der Waals surface area contributed by atoms with E-state index in [2.05, 4.69) is 25.6 Å². The number of pyridine rings is 1. The van der Waals surface area contributed by atoms with E-state index in [0.717, 1.165) is 11.6 Å². The van der Waals surface area contributed by atoms with Crippen molar-refractivity contribution in [1.82, 2.24) is 9.71 Å². The summed E-state index contributed by atoms with van der Waals surface area (Å²) in [5.74, 6) is -0.880. The number of halogens is 2.